The van der Waals surface area contributed by atoms with Crippen molar-refractivity contribution in [2.45, 2.75) is 45.8 Å². The Morgan fingerprint density at radius 2 is 1.97 bits per heavy atom. The lowest BCUT2D eigenvalue weighted by molar-refractivity contribution is -0.100. The number of anilines is 2. The molecule has 1 unspecified atom stereocenters. The maximum Gasteiger partial charge on any atom is 0.198 e. The Bertz CT molecular complexity index is 1190. The van der Waals surface area contributed by atoms with Crippen LogP contribution in [0, 0.1) is 17.2 Å². The van der Waals surface area contributed by atoms with Crippen molar-refractivity contribution in [2.75, 3.05) is 43.6 Å². The second-order valence-corrected chi connectivity index (χ2v) is 9.33. The van der Waals surface area contributed by atoms with Crippen molar-refractivity contribution in [1.29, 1.82) is 5.26 Å². The summed E-state index contributed by atoms with van der Waals surface area (Å²) in [4.78, 5) is 9.22. The van der Waals surface area contributed by atoms with Gasteiger partial charge in [-0.15, -0.1) is 0 Å². The van der Waals surface area contributed by atoms with Gasteiger partial charge in [-0.3, -0.25) is 0 Å². The molecular weight excluding hydrogens is 428 g/mol. The second-order valence-electron chi connectivity index (χ2n) is 9.33. The van der Waals surface area contributed by atoms with Crippen LogP contribution < -0.4 is 9.80 Å². The predicted octanol–water partition coefficient (Wildman–Crippen LogP) is 4.38. The number of ether oxygens (including phenoxy) is 1. The molecule has 180 valence electrons. The number of pyridine rings is 1. The summed E-state index contributed by atoms with van der Waals surface area (Å²) >= 11 is 0. The zero-order valence-corrected chi connectivity index (χ0v) is 20.7. The molecule has 1 aromatic carbocycles. The van der Waals surface area contributed by atoms with E-state index in [1.807, 2.05) is 43.9 Å². The molecule has 4 rings (SSSR count). The minimum atomic E-state index is -1.12. The van der Waals surface area contributed by atoms with Gasteiger partial charge in [0.2, 0.25) is 0 Å². The van der Waals surface area contributed by atoms with Gasteiger partial charge in [-0.25, -0.2) is 9.67 Å². The standard InChI is InChI=1S/C26H34N6O2/c1-6-34-26(33)21-15-22(31-12-10-18(16-27)11-13-31)23-24(17(2)3)29-32(25(23)28-21)20-9-7-8-19(14-20)30(4)5/h7-9,14-15,17-18,26,33H,6,10-13H2,1-5H3. The number of aromatic nitrogens is 3. The molecule has 8 heteroatoms. The predicted molar refractivity (Wildman–Crippen MR) is 134 cm³/mol. The Morgan fingerprint density at radius 1 is 1.24 bits per heavy atom. The number of nitriles is 1. The third-order valence-corrected chi connectivity index (χ3v) is 6.40. The van der Waals surface area contributed by atoms with Crippen LogP contribution in [0.1, 0.15) is 57.2 Å². The molecule has 0 aliphatic carbocycles. The molecule has 1 atom stereocenters. The number of fused-ring (bicyclic) bond motifs is 1. The van der Waals surface area contributed by atoms with Gasteiger partial charge < -0.3 is 19.6 Å². The molecule has 1 N–H and O–H groups in total. The highest BCUT2D eigenvalue weighted by Gasteiger charge is 2.27. The van der Waals surface area contributed by atoms with Gasteiger partial charge in [0.25, 0.3) is 0 Å². The van der Waals surface area contributed by atoms with Crippen molar-refractivity contribution in [3.8, 4) is 11.8 Å². The number of hydrogen-bond donors (Lipinski definition) is 1. The van der Waals surface area contributed by atoms with Crippen molar-refractivity contribution < 1.29 is 9.84 Å². The SMILES string of the molecule is CCOC(O)c1cc(N2CCC(C#N)CC2)c2c(C(C)C)nn(-c3cccc(N(C)C)c3)c2n1. The van der Waals surface area contributed by atoms with Crippen LogP contribution in [0.25, 0.3) is 16.7 Å². The fraction of sp³-hybridized carbons (Fsp3) is 0.500. The molecule has 0 bridgehead atoms. The third-order valence-electron chi connectivity index (χ3n) is 6.40. The van der Waals surface area contributed by atoms with Crippen molar-refractivity contribution in [3.05, 3.63) is 41.7 Å². The average molecular weight is 463 g/mol. The fourth-order valence-corrected chi connectivity index (χ4v) is 4.50. The maximum absolute atomic E-state index is 10.7. The molecule has 2 aromatic heterocycles. The largest absolute Gasteiger partial charge is 0.378 e. The van der Waals surface area contributed by atoms with Gasteiger partial charge in [-0.1, -0.05) is 19.9 Å². The summed E-state index contributed by atoms with van der Waals surface area (Å²) in [6, 6.07) is 12.5. The maximum atomic E-state index is 10.7. The minimum absolute atomic E-state index is 0.0862. The van der Waals surface area contributed by atoms with Gasteiger partial charge in [0.05, 0.1) is 28.5 Å². The average Bonchev–Trinajstić information content (AvgIpc) is 3.24. The van der Waals surface area contributed by atoms with Crippen LogP contribution in [-0.2, 0) is 4.74 Å². The van der Waals surface area contributed by atoms with Crippen LogP contribution in [0.4, 0.5) is 11.4 Å². The lowest BCUT2D eigenvalue weighted by atomic mass is 9.97. The summed E-state index contributed by atoms with van der Waals surface area (Å²) in [6.07, 6.45) is 0.517. The molecule has 8 nitrogen and oxygen atoms in total. The quantitative estimate of drug-likeness (QED) is 0.521. The van der Waals surface area contributed by atoms with E-state index < -0.39 is 6.29 Å². The van der Waals surface area contributed by atoms with Crippen molar-refractivity contribution in [1.82, 2.24) is 14.8 Å². The number of hydrogen-bond acceptors (Lipinski definition) is 7. The number of aliphatic hydroxyl groups excluding tert-OH is 1. The van der Waals surface area contributed by atoms with E-state index in [9.17, 15) is 10.4 Å². The highest BCUT2D eigenvalue weighted by molar-refractivity contribution is 5.94. The van der Waals surface area contributed by atoms with Crippen LogP contribution in [0.15, 0.2) is 30.3 Å². The van der Waals surface area contributed by atoms with Gasteiger partial charge >= 0.3 is 0 Å². The molecule has 1 aliphatic rings. The Balaban J connectivity index is 1.95. The second kappa shape index (κ2) is 10.00. The molecule has 0 amide bonds. The van der Waals surface area contributed by atoms with Crippen LogP contribution in [-0.4, -0.2) is 53.7 Å². The van der Waals surface area contributed by atoms with E-state index in [4.69, 9.17) is 14.8 Å². The summed E-state index contributed by atoms with van der Waals surface area (Å²) in [5.74, 6) is 0.267. The smallest absolute Gasteiger partial charge is 0.198 e. The third kappa shape index (κ3) is 4.59. The van der Waals surface area contributed by atoms with Crippen molar-refractivity contribution >= 4 is 22.4 Å². The van der Waals surface area contributed by atoms with Crippen LogP contribution in [0.3, 0.4) is 0 Å². The minimum Gasteiger partial charge on any atom is -0.378 e. The summed E-state index contributed by atoms with van der Waals surface area (Å²) in [6.45, 7) is 8.06. The van der Waals surface area contributed by atoms with E-state index in [2.05, 4.69) is 41.8 Å². The molecule has 34 heavy (non-hydrogen) atoms. The first-order valence-corrected chi connectivity index (χ1v) is 12.0. The fourth-order valence-electron chi connectivity index (χ4n) is 4.50. The molecule has 3 heterocycles. The summed E-state index contributed by atoms with van der Waals surface area (Å²) in [5, 5.41) is 26.1. The molecule has 1 fully saturated rings. The number of benzene rings is 1. The summed E-state index contributed by atoms with van der Waals surface area (Å²) in [7, 11) is 4.02. The van der Waals surface area contributed by atoms with E-state index >= 15 is 0 Å². The molecule has 1 aliphatic heterocycles. The van der Waals surface area contributed by atoms with E-state index in [0.717, 1.165) is 54.1 Å². The summed E-state index contributed by atoms with van der Waals surface area (Å²) in [5.41, 5.74) is 5.10. The highest BCUT2D eigenvalue weighted by Crippen LogP contribution is 2.37. The molecule has 0 radical (unpaired) electrons. The first-order chi connectivity index (χ1) is 16.3. The van der Waals surface area contributed by atoms with Gasteiger partial charge in [0.1, 0.15) is 5.69 Å². The number of aliphatic hydroxyl groups is 1. The van der Waals surface area contributed by atoms with Crippen LogP contribution >= 0.6 is 0 Å². The number of nitrogens with zero attached hydrogens (tertiary/aromatic N) is 6. The number of rotatable bonds is 7. The zero-order valence-electron chi connectivity index (χ0n) is 20.7. The van der Waals surface area contributed by atoms with Gasteiger partial charge in [0, 0.05) is 45.4 Å². The number of piperidine rings is 1. The summed E-state index contributed by atoms with van der Waals surface area (Å²) < 4.78 is 7.38. The van der Waals surface area contributed by atoms with Crippen molar-refractivity contribution in [3.63, 3.8) is 0 Å². The Kier molecular flexibility index (Phi) is 7.05. The Hall–Kier alpha value is -3.15. The van der Waals surface area contributed by atoms with E-state index in [1.165, 1.54) is 0 Å². The first-order valence-electron chi connectivity index (χ1n) is 12.0. The Morgan fingerprint density at radius 3 is 2.59 bits per heavy atom. The van der Waals surface area contributed by atoms with Gasteiger partial charge in [-0.2, -0.15) is 10.4 Å². The topological polar surface area (TPSA) is 90.4 Å². The molecule has 1 saturated heterocycles. The molecule has 0 spiro atoms. The van der Waals surface area contributed by atoms with Gasteiger partial charge in [-0.05, 0) is 49.9 Å². The molecule has 0 saturated carbocycles. The normalized spacial score (nSPS) is 15.6. The molecule has 3 aromatic rings. The first kappa shape index (κ1) is 24.0. The monoisotopic (exact) mass is 462 g/mol. The van der Waals surface area contributed by atoms with Crippen molar-refractivity contribution in [2.24, 2.45) is 5.92 Å². The van der Waals surface area contributed by atoms with Crippen LogP contribution in [0.5, 0.6) is 0 Å². The zero-order chi connectivity index (χ0) is 24.4. The lowest BCUT2D eigenvalue weighted by Gasteiger charge is -2.32. The Labute approximate surface area is 201 Å². The van der Waals surface area contributed by atoms with Gasteiger partial charge in [0.15, 0.2) is 11.9 Å². The van der Waals surface area contributed by atoms with E-state index in [1.54, 1.807) is 0 Å². The molecular formula is C26H34N6O2. The lowest BCUT2D eigenvalue weighted by Crippen LogP contribution is -2.33. The van der Waals surface area contributed by atoms with Crippen LogP contribution in [0.2, 0.25) is 0 Å². The van der Waals surface area contributed by atoms with E-state index in [-0.39, 0.29) is 11.8 Å². The highest BCUT2D eigenvalue weighted by atomic mass is 16.6. The van der Waals surface area contributed by atoms with E-state index in [0.29, 0.717) is 17.9 Å².